The number of benzene rings is 1. The quantitative estimate of drug-likeness (QED) is 0.619. The van der Waals surface area contributed by atoms with Gasteiger partial charge in [0, 0.05) is 12.1 Å². The van der Waals surface area contributed by atoms with E-state index in [2.05, 4.69) is 5.32 Å². The zero-order chi connectivity index (χ0) is 16.2. The molecule has 0 aliphatic rings. The molecule has 0 aliphatic carbocycles. The van der Waals surface area contributed by atoms with E-state index < -0.39 is 22.3 Å². The first-order valence-corrected chi connectivity index (χ1v) is 6.65. The monoisotopic (exact) mass is 314 g/mol. The molecule has 8 heteroatoms. The molecule has 0 saturated heterocycles. The van der Waals surface area contributed by atoms with Crippen LogP contribution in [0.3, 0.4) is 0 Å². The molecule has 0 atom stereocenters. The second-order valence-electron chi connectivity index (χ2n) is 4.47. The maximum Gasteiger partial charge on any atom is 0.329 e. The summed E-state index contributed by atoms with van der Waals surface area (Å²) in [6.45, 7) is 3.26. The molecule has 0 spiro atoms. The summed E-state index contributed by atoms with van der Waals surface area (Å²) in [6.07, 6.45) is 0.355. The van der Waals surface area contributed by atoms with Crippen molar-refractivity contribution in [2.75, 3.05) is 0 Å². The van der Waals surface area contributed by atoms with E-state index in [1.807, 2.05) is 0 Å². The molecule has 1 aromatic carbocycles. The first-order valence-electron chi connectivity index (χ1n) is 6.27. The number of aliphatic carboxylic acids is 1. The number of hydrogen-bond acceptors (Lipinski definition) is 4. The zero-order valence-corrected chi connectivity index (χ0v) is 12.3. The molecule has 1 aromatic rings. The van der Waals surface area contributed by atoms with E-state index in [4.69, 9.17) is 11.6 Å². The van der Waals surface area contributed by atoms with Crippen LogP contribution in [0.4, 0.5) is 5.69 Å². The molecule has 1 amide bonds. The predicted molar refractivity (Wildman–Crippen MR) is 76.5 cm³/mol. The van der Waals surface area contributed by atoms with Gasteiger partial charge >= 0.3 is 5.97 Å². The number of amides is 1. The number of carbonyl (C=O) groups is 2. The number of halogens is 1. The molecular formula is C13H15ClN2O5. The minimum absolute atomic E-state index is 0.0181. The van der Waals surface area contributed by atoms with Crippen LogP contribution in [-0.2, 0) is 4.79 Å². The van der Waals surface area contributed by atoms with Crippen LogP contribution in [0, 0.1) is 10.1 Å². The van der Waals surface area contributed by atoms with Crippen LogP contribution in [0.15, 0.2) is 18.2 Å². The highest BCUT2D eigenvalue weighted by Gasteiger charge is 2.37. The molecule has 1 rings (SSSR count). The SMILES string of the molecule is CCC(CC)(NC(=O)c1cc([N+](=O)[O-])ccc1Cl)C(=O)O. The summed E-state index contributed by atoms with van der Waals surface area (Å²) in [6, 6.07) is 3.42. The van der Waals surface area contributed by atoms with Gasteiger partial charge in [0.05, 0.1) is 15.5 Å². The predicted octanol–water partition coefficient (Wildman–Crippen LogP) is 2.62. The number of nitrogens with zero attached hydrogens (tertiary/aromatic N) is 1. The van der Waals surface area contributed by atoms with Crippen molar-refractivity contribution in [1.29, 1.82) is 0 Å². The lowest BCUT2D eigenvalue weighted by Gasteiger charge is -2.28. The summed E-state index contributed by atoms with van der Waals surface area (Å²) in [7, 11) is 0. The number of nitrogens with one attached hydrogen (secondary N) is 1. The Hall–Kier alpha value is -2.15. The van der Waals surface area contributed by atoms with Gasteiger partial charge in [-0.15, -0.1) is 0 Å². The van der Waals surface area contributed by atoms with Crippen LogP contribution in [0.5, 0.6) is 0 Å². The highest BCUT2D eigenvalue weighted by Crippen LogP contribution is 2.24. The molecule has 0 aromatic heterocycles. The molecule has 114 valence electrons. The second-order valence-corrected chi connectivity index (χ2v) is 4.88. The summed E-state index contributed by atoms with van der Waals surface area (Å²) in [4.78, 5) is 33.6. The molecule has 0 radical (unpaired) electrons. The average molecular weight is 315 g/mol. The Labute approximate surface area is 126 Å². The average Bonchev–Trinajstić information content (AvgIpc) is 2.44. The number of non-ortho nitro benzene ring substituents is 1. The number of nitro benzene ring substituents is 1. The van der Waals surface area contributed by atoms with Gasteiger partial charge < -0.3 is 10.4 Å². The number of nitro groups is 1. The van der Waals surface area contributed by atoms with Crippen molar-refractivity contribution in [2.24, 2.45) is 0 Å². The Bertz CT molecular complexity index is 584. The number of carboxylic acids is 1. The van der Waals surface area contributed by atoms with E-state index >= 15 is 0 Å². The van der Waals surface area contributed by atoms with Crippen LogP contribution in [0.2, 0.25) is 5.02 Å². The lowest BCUT2D eigenvalue weighted by molar-refractivity contribution is -0.384. The summed E-state index contributed by atoms with van der Waals surface area (Å²) in [5, 5.41) is 22.4. The Kier molecular flexibility index (Phi) is 5.26. The number of hydrogen-bond donors (Lipinski definition) is 2. The molecule has 0 bridgehead atoms. The topological polar surface area (TPSA) is 110 Å². The number of rotatable bonds is 6. The van der Waals surface area contributed by atoms with Gasteiger partial charge in [0.15, 0.2) is 0 Å². The molecule has 0 fully saturated rings. The molecule has 0 aliphatic heterocycles. The van der Waals surface area contributed by atoms with Crippen LogP contribution in [0.25, 0.3) is 0 Å². The fourth-order valence-corrected chi connectivity index (χ4v) is 2.07. The molecular weight excluding hydrogens is 300 g/mol. The van der Waals surface area contributed by atoms with Gasteiger partial charge in [-0.1, -0.05) is 25.4 Å². The van der Waals surface area contributed by atoms with E-state index in [0.29, 0.717) is 0 Å². The Morgan fingerprint density at radius 2 is 1.95 bits per heavy atom. The third kappa shape index (κ3) is 3.49. The Morgan fingerprint density at radius 1 is 1.38 bits per heavy atom. The Morgan fingerprint density at radius 3 is 2.38 bits per heavy atom. The smallest absolute Gasteiger partial charge is 0.329 e. The van der Waals surface area contributed by atoms with Gasteiger partial charge in [-0.2, -0.15) is 0 Å². The molecule has 0 saturated carbocycles. The summed E-state index contributed by atoms with van der Waals surface area (Å²) in [5.41, 5.74) is -1.85. The minimum Gasteiger partial charge on any atom is -0.480 e. The van der Waals surface area contributed by atoms with Gasteiger partial charge in [-0.3, -0.25) is 14.9 Å². The standard InChI is InChI=1S/C13H15ClN2O5/c1-3-13(4-2,12(18)19)15-11(17)9-7-8(16(20)21)5-6-10(9)14/h5-7H,3-4H2,1-2H3,(H,15,17)(H,18,19). The maximum atomic E-state index is 12.2. The molecule has 0 heterocycles. The fourth-order valence-electron chi connectivity index (χ4n) is 1.87. The van der Waals surface area contributed by atoms with Crippen LogP contribution >= 0.6 is 11.6 Å². The van der Waals surface area contributed by atoms with Gasteiger partial charge in [-0.05, 0) is 18.9 Å². The van der Waals surface area contributed by atoms with Crippen LogP contribution < -0.4 is 5.32 Å². The van der Waals surface area contributed by atoms with Crippen LogP contribution in [0.1, 0.15) is 37.0 Å². The number of carbonyl (C=O) groups excluding carboxylic acids is 1. The first kappa shape index (κ1) is 16.9. The van der Waals surface area contributed by atoms with Crippen LogP contribution in [-0.4, -0.2) is 27.4 Å². The van der Waals surface area contributed by atoms with E-state index in [0.717, 1.165) is 6.07 Å². The molecule has 0 unspecified atom stereocenters. The highest BCUT2D eigenvalue weighted by molar-refractivity contribution is 6.34. The van der Waals surface area contributed by atoms with Crippen molar-refractivity contribution >= 4 is 29.2 Å². The third-order valence-electron chi connectivity index (χ3n) is 3.37. The second kappa shape index (κ2) is 6.53. The molecule has 7 nitrogen and oxygen atoms in total. The van der Waals surface area contributed by atoms with E-state index in [1.165, 1.54) is 12.1 Å². The fraction of sp³-hybridized carbons (Fsp3) is 0.385. The van der Waals surface area contributed by atoms with Gasteiger partial charge in [-0.25, -0.2) is 4.79 Å². The summed E-state index contributed by atoms with van der Waals surface area (Å²) >= 11 is 5.86. The van der Waals surface area contributed by atoms with Gasteiger partial charge in [0.1, 0.15) is 5.54 Å². The van der Waals surface area contributed by atoms with Crippen molar-refractivity contribution in [3.63, 3.8) is 0 Å². The van der Waals surface area contributed by atoms with Gasteiger partial charge in [0.2, 0.25) is 0 Å². The van der Waals surface area contributed by atoms with E-state index in [1.54, 1.807) is 13.8 Å². The normalized spacial score (nSPS) is 11.0. The number of carboxylic acid groups (broad SMARTS) is 1. The van der Waals surface area contributed by atoms with E-state index in [-0.39, 0.29) is 29.1 Å². The van der Waals surface area contributed by atoms with Crippen molar-refractivity contribution in [3.8, 4) is 0 Å². The molecule has 21 heavy (non-hydrogen) atoms. The maximum absolute atomic E-state index is 12.2. The van der Waals surface area contributed by atoms with Crippen molar-refractivity contribution in [2.45, 2.75) is 32.2 Å². The van der Waals surface area contributed by atoms with Gasteiger partial charge in [0.25, 0.3) is 11.6 Å². The lowest BCUT2D eigenvalue weighted by atomic mass is 9.92. The summed E-state index contributed by atoms with van der Waals surface area (Å²) in [5.74, 6) is -1.92. The first-order chi connectivity index (χ1) is 9.77. The van der Waals surface area contributed by atoms with Crippen molar-refractivity contribution in [3.05, 3.63) is 38.9 Å². The summed E-state index contributed by atoms with van der Waals surface area (Å²) < 4.78 is 0. The van der Waals surface area contributed by atoms with E-state index in [9.17, 15) is 24.8 Å². The molecule has 2 N–H and O–H groups in total. The zero-order valence-electron chi connectivity index (χ0n) is 11.6. The Balaban J connectivity index is 3.17. The lowest BCUT2D eigenvalue weighted by Crippen LogP contribution is -2.53. The van der Waals surface area contributed by atoms with Crippen molar-refractivity contribution < 1.29 is 19.6 Å². The minimum atomic E-state index is -1.43. The third-order valence-corrected chi connectivity index (χ3v) is 3.70. The van der Waals surface area contributed by atoms with Crippen molar-refractivity contribution in [1.82, 2.24) is 5.32 Å². The largest absolute Gasteiger partial charge is 0.480 e. The highest BCUT2D eigenvalue weighted by atomic mass is 35.5.